The van der Waals surface area contributed by atoms with E-state index in [1.807, 2.05) is 6.07 Å². The number of rotatable bonds is 7. The Hall–Kier alpha value is -2.88. The standard InChI is InChI=1S/C18H17ClN4O4S/c19-14-6-8-15(9-7-14)28(26,27)23(11-13-4-2-1-3-5-13)12-17(24)21-16-10-20-22-18(16)25/h1-10H,11-12H2,(H,21,24)(H2,20,22,25). The normalized spacial score (nSPS) is 11.5. The van der Waals surface area contributed by atoms with Gasteiger partial charge in [0.25, 0.3) is 5.56 Å². The van der Waals surface area contributed by atoms with Gasteiger partial charge >= 0.3 is 0 Å². The van der Waals surface area contributed by atoms with Crippen LogP contribution < -0.4 is 10.9 Å². The molecule has 0 saturated heterocycles. The van der Waals surface area contributed by atoms with Crippen molar-refractivity contribution in [2.45, 2.75) is 11.4 Å². The van der Waals surface area contributed by atoms with Gasteiger partial charge in [0.1, 0.15) is 5.69 Å². The molecule has 0 unspecified atom stereocenters. The average molecular weight is 421 g/mol. The molecule has 0 atom stereocenters. The Kier molecular flexibility index (Phi) is 5.98. The van der Waals surface area contributed by atoms with E-state index in [-0.39, 0.29) is 17.1 Å². The minimum atomic E-state index is -3.98. The zero-order valence-corrected chi connectivity index (χ0v) is 16.1. The highest BCUT2D eigenvalue weighted by atomic mass is 35.5. The molecule has 1 heterocycles. The SMILES string of the molecule is O=C(CN(Cc1ccccc1)S(=O)(=O)c1ccc(Cl)cc1)Nc1c[nH][nH]c1=O. The number of aromatic nitrogens is 2. The Morgan fingerprint density at radius 1 is 1.07 bits per heavy atom. The van der Waals surface area contributed by atoms with Crippen LogP contribution >= 0.6 is 11.6 Å². The topological polar surface area (TPSA) is 115 Å². The molecule has 3 N–H and O–H groups in total. The van der Waals surface area contributed by atoms with Crippen LogP contribution in [0.25, 0.3) is 0 Å². The van der Waals surface area contributed by atoms with E-state index in [0.29, 0.717) is 10.6 Å². The zero-order valence-electron chi connectivity index (χ0n) is 14.6. The van der Waals surface area contributed by atoms with Crippen LogP contribution in [0, 0.1) is 0 Å². The third-order valence-corrected chi connectivity index (χ3v) is 5.95. The Balaban J connectivity index is 1.88. The highest BCUT2D eigenvalue weighted by Crippen LogP contribution is 2.20. The second-order valence-electron chi connectivity index (χ2n) is 5.92. The first-order valence-electron chi connectivity index (χ1n) is 8.22. The predicted molar refractivity (Wildman–Crippen MR) is 106 cm³/mol. The summed E-state index contributed by atoms with van der Waals surface area (Å²) in [6, 6.07) is 14.6. The lowest BCUT2D eigenvalue weighted by atomic mass is 10.2. The number of nitrogens with zero attached hydrogens (tertiary/aromatic N) is 1. The van der Waals surface area contributed by atoms with Crippen molar-refractivity contribution in [2.24, 2.45) is 0 Å². The van der Waals surface area contributed by atoms with Crippen LogP contribution in [0.2, 0.25) is 5.02 Å². The fourth-order valence-electron chi connectivity index (χ4n) is 2.52. The fourth-order valence-corrected chi connectivity index (χ4v) is 4.03. The third kappa shape index (κ3) is 4.69. The number of amides is 1. The molecule has 1 aromatic heterocycles. The minimum Gasteiger partial charge on any atom is -0.319 e. The monoisotopic (exact) mass is 420 g/mol. The summed E-state index contributed by atoms with van der Waals surface area (Å²) in [5.41, 5.74) is 0.212. The smallest absolute Gasteiger partial charge is 0.287 e. The molecule has 28 heavy (non-hydrogen) atoms. The molecule has 10 heteroatoms. The van der Waals surface area contributed by atoms with Gasteiger partial charge in [-0.05, 0) is 29.8 Å². The zero-order chi connectivity index (χ0) is 20.1. The Labute approximate surface area is 166 Å². The Morgan fingerprint density at radius 3 is 2.36 bits per heavy atom. The number of halogens is 1. The van der Waals surface area contributed by atoms with E-state index in [0.717, 1.165) is 4.31 Å². The van der Waals surface area contributed by atoms with Crippen molar-refractivity contribution in [1.29, 1.82) is 0 Å². The van der Waals surface area contributed by atoms with Gasteiger partial charge in [-0.2, -0.15) is 4.31 Å². The van der Waals surface area contributed by atoms with Gasteiger partial charge in [0.05, 0.1) is 11.4 Å². The predicted octanol–water partition coefficient (Wildman–Crippen LogP) is 2.19. The van der Waals surface area contributed by atoms with Crippen LogP contribution in [0.4, 0.5) is 5.69 Å². The summed E-state index contributed by atoms with van der Waals surface area (Å²) < 4.78 is 27.2. The van der Waals surface area contributed by atoms with Gasteiger partial charge in [-0.15, -0.1) is 0 Å². The number of H-pyrrole nitrogens is 2. The van der Waals surface area contributed by atoms with E-state index >= 15 is 0 Å². The second kappa shape index (κ2) is 8.42. The van der Waals surface area contributed by atoms with Gasteiger partial charge in [0.15, 0.2) is 0 Å². The third-order valence-electron chi connectivity index (χ3n) is 3.89. The molecule has 2 aromatic carbocycles. The van der Waals surface area contributed by atoms with E-state index in [9.17, 15) is 18.0 Å². The first-order valence-corrected chi connectivity index (χ1v) is 10.0. The van der Waals surface area contributed by atoms with E-state index in [1.54, 1.807) is 24.3 Å². The van der Waals surface area contributed by atoms with Crippen LogP contribution in [-0.2, 0) is 21.4 Å². The lowest BCUT2D eigenvalue weighted by Gasteiger charge is -2.22. The molecule has 1 amide bonds. The summed E-state index contributed by atoms with van der Waals surface area (Å²) in [5.74, 6) is -0.640. The summed E-state index contributed by atoms with van der Waals surface area (Å²) in [7, 11) is -3.98. The minimum absolute atomic E-state index is 0.00792. The van der Waals surface area contributed by atoms with Gasteiger partial charge in [0, 0.05) is 17.8 Å². The van der Waals surface area contributed by atoms with Crippen molar-refractivity contribution in [3.05, 3.63) is 81.7 Å². The molecule has 146 valence electrons. The summed E-state index contributed by atoms with van der Waals surface area (Å²) >= 11 is 5.84. The van der Waals surface area contributed by atoms with Gasteiger partial charge in [-0.25, -0.2) is 8.42 Å². The molecule has 0 radical (unpaired) electrons. The Bertz CT molecular complexity index is 1110. The molecule has 0 fully saturated rings. The molecule has 3 aromatic rings. The number of benzene rings is 2. The number of anilines is 1. The molecule has 0 aliphatic carbocycles. The van der Waals surface area contributed by atoms with Crippen molar-refractivity contribution in [3.63, 3.8) is 0 Å². The molecule has 0 saturated carbocycles. The Morgan fingerprint density at radius 2 is 1.75 bits per heavy atom. The molecular weight excluding hydrogens is 404 g/mol. The van der Waals surface area contributed by atoms with Crippen LogP contribution in [-0.4, -0.2) is 35.4 Å². The first-order chi connectivity index (χ1) is 13.4. The average Bonchev–Trinajstić information content (AvgIpc) is 3.07. The van der Waals surface area contributed by atoms with Gasteiger partial charge in [0.2, 0.25) is 15.9 Å². The molecule has 3 rings (SSSR count). The van der Waals surface area contributed by atoms with Crippen LogP contribution in [0.5, 0.6) is 0 Å². The van der Waals surface area contributed by atoms with Crippen molar-refractivity contribution in [3.8, 4) is 0 Å². The molecular formula is C18H17ClN4O4S. The number of hydrogen-bond acceptors (Lipinski definition) is 4. The summed E-state index contributed by atoms with van der Waals surface area (Å²) in [6.45, 7) is -0.479. The molecule has 0 spiro atoms. The fraction of sp³-hybridized carbons (Fsp3) is 0.111. The maximum absolute atomic E-state index is 13.1. The van der Waals surface area contributed by atoms with Crippen LogP contribution in [0.1, 0.15) is 5.56 Å². The highest BCUT2D eigenvalue weighted by Gasteiger charge is 2.27. The van der Waals surface area contributed by atoms with Crippen molar-refractivity contribution < 1.29 is 13.2 Å². The number of carbonyl (C=O) groups is 1. The van der Waals surface area contributed by atoms with Gasteiger partial charge < -0.3 is 10.4 Å². The molecule has 0 aliphatic rings. The van der Waals surface area contributed by atoms with Crippen molar-refractivity contribution in [2.75, 3.05) is 11.9 Å². The van der Waals surface area contributed by atoms with Gasteiger partial charge in [-0.3, -0.25) is 14.7 Å². The molecule has 0 aliphatic heterocycles. The lowest BCUT2D eigenvalue weighted by Crippen LogP contribution is -2.38. The maximum atomic E-state index is 13.1. The van der Waals surface area contributed by atoms with E-state index in [4.69, 9.17) is 11.6 Å². The quantitative estimate of drug-likeness (QED) is 0.543. The van der Waals surface area contributed by atoms with Crippen LogP contribution in [0.15, 0.2) is 70.5 Å². The highest BCUT2D eigenvalue weighted by molar-refractivity contribution is 7.89. The number of nitrogens with one attached hydrogen (secondary N) is 3. The second-order valence-corrected chi connectivity index (χ2v) is 8.29. The van der Waals surface area contributed by atoms with Crippen molar-refractivity contribution >= 4 is 33.2 Å². The van der Waals surface area contributed by atoms with Crippen LogP contribution in [0.3, 0.4) is 0 Å². The number of hydrogen-bond donors (Lipinski definition) is 3. The van der Waals surface area contributed by atoms with Crippen molar-refractivity contribution in [1.82, 2.24) is 14.5 Å². The van der Waals surface area contributed by atoms with E-state index < -0.39 is 28.0 Å². The summed E-state index contributed by atoms with van der Waals surface area (Å²) in [4.78, 5) is 23.9. The largest absolute Gasteiger partial charge is 0.319 e. The molecule has 0 bridgehead atoms. The molecule has 8 nitrogen and oxygen atoms in total. The van der Waals surface area contributed by atoms with E-state index in [1.165, 1.54) is 30.5 Å². The summed E-state index contributed by atoms with van der Waals surface area (Å²) in [6.07, 6.45) is 1.29. The maximum Gasteiger partial charge on any atom is 0.287 e. The van der Waals surface area contributed by atoms with Gasteiger partial charge in [-0.1, -0.05) is 41.9 Å². The first kappa shape index (κ1) is 19.9. The number of aromatic amines is 2. The summed E-state index contributed by atoms with van der Waals surface area (Å²) in [5, 5.41) is 7.55. The number of sulfonamides is 1. The lowest BCUT2D eigenvalue weighted by molar-refractivity contribution is -0.116. The van der Waals surface area contributed by atoms with E-state index in [2.05, 4.69) is 15.5 Å². The number of carbonyl (C=O) groups excluding carboxylic acids is 1.